The summed E-state index contributed by atoms with van der Waals surface area (Å²) < 4.78 is 28.4. The Bertz CT molecular complexity index is 1790. The van der Waals surface area contributed by atoms with Crippen molar-refractivity contribution in [2.24, 2.45) is 5.92 Å². The molecule has 11 heteroatoms. The number of likely N-dealkylation sites (tertiary alicyclic amines) is 1. The molecule has 11 nitrogen and oxygen atoms in total. The van der Waals surface area contributed by atoms with Gasteiger partial charge >= 0.3 is 0 Å². The molecular weight excluding hydrogens is 638 g/mol. The molecule has 3 aromatic carbocycles. The molecule has 0 unspecified atom stereocenters. The maximum absolute atomic E-state index is 14.5. The number of hydrogen-bond donors (Lipinski definition) is 2. The monoisotopic (exact) mass is 687 g/mol. The summed E-state index contributed by atoms with van der Waals surface area (Å²) in [6, 6.07) is 11.5. The van der Waals surface area contributed by atoms with Crippen LogP contribution in [0.4, 0.5) is 5.69 Å². The average molecular weight is 688 g/mol. The zero-order valence-electron chi connectivity index (χ0n) is 30.3. The number of anilines is 1. The van der Waals surface area contributed by atoms with E-state index in [4.69, 9.17) is 23.7 Å². The van der Waals surface area contributed by atoms with Crippen molar-refractivity contribution in [1.82, 2.24) is 10.2 Å². The molecule has 0 aromatic heterocycles. The summed E-state index contributed by atoms with van der Waals surface area (Å²) in [7, 11) is 7.92. The second kappa shape index (κ2) is 15.7. The number of carbonyl (C=O) groups is 2. The Morgan fingerprint density at radius 3 is 2.26 bits per heavy atom. The summed E-state index contributed by atoms with van der Waals surface area (Å²) in [6.45, 7) is 6.11. The van der Waals surface area contributed by atoms with Crippen molar-refractivity contribution < 1.29 is 33.3 Å². The van der Waals surface area contributed by atoms with E-state index in [1.807, 2.05) is 49.1 Å². The molecule has 2 aliphatic rings. The third kappa shape index (κ3) is 7.04. The quantitative estimate of drug-likeness (QED) is 0.234. The van der Waals surface area contributed by atoms with Crippen molar-refractivity contribution in [2.45, 2.75) is 71.0 Å². The molecule has 3 aromatic rings. The van der Waals surface area contributed by atoms with Crippen LogP contribution in [0.3, 0.4) is 0 Å². The van der Waals surface area contributed by atoms with Gasteiger partial charge in [-0.2, -0.15) is 0 Å². The first kappa shape index (κ1) is 36.4. The Balaban J connectivity index is 1.60. The molecule has 268 valence electrons. The minimum Gasteiger partial charge on any atom is -0.497 e. The number of methoxy groups -OCH3 is 5. The van der Waals surface area contributed by atoms with Crippen LogP contribution in [0.1, 0.15) is 75.2 Å². The second-order valence-corrected chi connectivity index (χ2v) is 12.9. The maximum atomic E-state index is 14.5. The number of hydrogen-bond acceptors (Lipinski definition) is 9. The molecule has 5 rings (SSSR count). The van der Waals surface area contributed by atoms with Gasteiger partial charge in [-0.1, -0.05) is 26.3 Å². The largest absolute Gasteiger partial charge is 0.497 e. The summed E-state index contributed by atoms with van der Waals surface area (Å²) in [5, 5.41) is 6.43. The summed E-state index contributed by atoms with van der Waals surface area (Å²) >= 11 is 0. The smallest absolute Gasteiger partial charge is 0.245 e. The van der Waals surface area contributed by atoms with E-state index in [2.05, 4.69) is 10.6 Å². The molecule has 0 bridgehead atoms. The zero-order valence-corrected chi connectivity index (χ0v) is 30.3. The highest BCUT2D eigenvalue weighted by molar-refractivity contribution is 5.87. The van der Waals surface area contributed by atoms with Gasteiger partial charge < -0.3 is 39.2 Å². The predicted molar refractivity (Wildman–Crippen MR) is 193 cm³/mol. The molecule has 0 spiro atoms. The molecular formula is C39H49N3O8. The van der Waals surface area contributed by atoms with Crippen molar-refractivity contribution in [1.29, 1.82) is 0 Å². The van der Waals surface area contributed by atoms with Crippen LogP contribution in [0.15, 0.2) is 47.3 Å². The van der Waals surface area contributed by atoms with Crippen molar-refractivity contribution >= 4 is 17.5 Å². The first-order chi connectivity index (χ1) is 24.1. The van der Waals surface area contributed by atoms with E-state index in [-0.39, 0.29) is 34.9 Å². The number of aryl methyl sites for hydroxylation is 1. The molecule has 4 atom stereocenters. The number of carbonyl (C=O) groups excluding carboxylic acids is 2. The number of nitrogens with zero attached hydrogens (tertiary/aromatic N) is 1. The number of rotatable bonds is 12. The van der Waals surface area contributed by atoms with Crippen LogP contribution >= 0.6 is 0 Å². The molecule has 0 saturated carbocycles. The lowest BCUT2D eigenvalue weighted by molar-refractivity contribution is -0.134. The van der Waals surface area contributed by atoms with E-state index in [0.717, 1.165) is 35.1 Å². The molecule has 50 heavy (non-hydrogen) atoms. The topological polar surface area (TPSA) is 125 Å². The molecule has 1 aliphatic carbocycles. The van der Waals surface area contributed by atoms with Crippen LogP contribution in [-0.4, -0.2) is 64.8 Å². The molecule has 1 heterocycles. The normalized spacial score (nSPS) is 17.7. The van der Waals surface area contributed by atoms with Crippen LogP contribution in [0, 0.1) is 5.92 Å². The van der Waals surface area contributed by atoms with Gasteiger partial charge in [-0.3, -0.25) is 14.4 Å². The number of amides is 2. The van der Waals surface area contributed by atoms with Crippen molar-refractivity contribution in [3.63, 3.8) is 0 Å². The lowest BCUT2D eigenvalue weighted by atomic mass is 9.95. The van der Waals surface area contributed by atoms with Crippen LogP contribution < -0.4 is 39.7 Å². The Morgan fingerprint density at radius 2 is 1.62 bits per heavy atom. The highest BCUT2D eigenvalue weighted by atomic mass is 16.5. The van der Waals surface area contributed by atoms with Gasteiger partial charge in [-0.05, 0) is 78.6 Å². The molecule has 1 fully saturated rings. The van der Waals surface area contributed by atoms with E-state index in [9.17, 15) is 14.4 Å². The lowest BCUT2D eigenvalue weighted by Crippen LogP contribution is -2.46. The molecule has 2 amide bonds. The molecule has 0 radical (unpaired) electrons. The number of ether oxygens (including phenoxy) is 5. The fraction of sp³-hybridized carbons (Fsp3) is 0.462. The first-order valence-electron chi connectivity index (χ1n) is 17.2. The molecule has 2 N–H and O–H groups in total. The minimum absolute atomic E-state index is 0.0767. The number of benzene rings is 2. The van der Waals surface area contributed by atoms with Gasteiger partial charge in [0.15, 0.2) is 11.5 Å². The van der Waals surface area contributed by atoms with Crippen molar-refractivity contribution in [3.8, 4) is 39.9 Å². The number of fused-ring (bicyclic) bond motifs is 3. The Morgan fingerprint density at radius 1 is 0.880 bits per heavy atom. The first-order valence-corrected chi connectivity index (χ1v) is 17.2. The SMILES string of the molecule is CC[C@@H](C)[C@H](Nc1ccc2c(cc1=O)[C@@H](NC(C)=O)CCc1cc(OC)c(OC)c(OC)c1-2)C(=O)N1CCC[C@@H]1c1ccc(OC)cc1OC. The van der Waals surface area contributed by atoms with Crippen LogP contribution in [0.5, 0.6) is 28.7 Å². The summed E-state index contributed by atoms with van der Waals surface area (Å²) in [4.78, 5) is 42.9. The molecule has 1 saturated heterocycles. The summed E-state index contributed by atoms with van der Waals surface area (Å²) in [5.74, 6) is 2.40. The van der Waals surface area contributed by atoms with Gasteiger partial charge in [0.05, 0.1) is 53.3 Å². The van der Waals surface area contributed by atoms with Gasteiger partial charge in [-0.15, -0.1) is 0 Å². The van der Waals surface area contributed by atoms with E-state index >= 15 is 0 Å². The predicted octanol–water partition coefficient (Wildman–Crippen LogP) is 6.07. The standard InChI is InChI=1S/C39H49N3O8/c1-9-22(2)36(39(45)42-18-10-11-31(42)27-14-13-25(46-4)20-33(27)47-5)41-30-17-15-26-28(21-32(30)44)29(40-23(3)43)16-12-24-19-34(48-6)37(49-7)38(50-8)35(24)26/h13-15,17,19-22,29,31,36H,9-12,16,18H2,1-8H3,(H,40,43)(H,41,44)/t22-,29+,31-,36+/m1/s1. The lowest BCUT2D eigenvalue weighted by Gasteiger charge is -2.33. The van der Waals surface area contributed by atoms with Gasteiger partial charge in [0, 0.05) is 30.7 Å². The van der Waals surface area contributed by atoms with Gasteiger partial charge in [0.1, 0.15) is 17.5 Å². The Hall–Kier alpha value is -4.93. The fourth-order valence-electron chi connectivity index (χ4n) is 7.30. The zero-order chi connectivity index (χ0) is 36.1. The molecule has 1 aliphatic heterocycles. The summed E-state index contributed by atoms with van der Waals surface area (Å²) in [5.41, 5.74) is 3.99. The second-order valence-electron chi connectivity index (χ2n) is 12.9. The van der Waals surface area contributed by atoms with Gasteiger partial charge in [-0.25, -0.2) is 0 Å². The minimum atomic E-state index is -0.669. The third-order valence-corrected chi connectivity index (χ3v) is 10.0. The van der Waals surface area contributed by atoms with E-state index in [1.54, 1.807) is 47.7 Å². The van der Waals surface area contributed by atoms with Crippen molar-refractivity contribution in [3.05, 3.63) is 69.4 Å². The van der Waals surface area contributed by atoms with E-state index in [0.29, 0.717) is 60.1 Å². The van der Waals surface area contributed by atoms with E-state index < -0.39 is 12.1 Å². The third-order valence-electron chi connectivity index (χ3n) is 10.0. The summed E-state index contributed by atoms with van der Waals surface area (Å²) in [6.07, 6.45) is 3.49. The number of nitrogens with one attached hydrogen (secondary N) is 2. The highest BCUT2D eigenvalue weighted by Gasteiger charge is 2.38. The maximum Gasteiger partial charge on any atom is 0.245 e. The van der Waals surface area contributed by atoms with Crippen LogP contribution in [-0.2, 0) is 16.0 Å². The Kier molecular flexibility index (Phi) is 11.4. The average Bonchev–Trinajstić information content (AvgIpc) is 3.50. The fourth-order valence-corrected chi connectivity index (χ4v) is 7.30. The van der Waals surface area contributed by atoms with Crippen molar-refractivity contribution in [2.75, 3.05) is 47.4 Å². The Labute approximate surface area is 294 Å². The highest BCUT2D eigenvalue weighted by Crippen LogP contribution is 2.50. The van der Waals surface area contributed by atoms with Crippen LogP contribution in [0.25, 0.3) is 11.1 Å². The van der Waals surface area contributed by atoms with Gasteiger partial charge in [0.2, 0.25) is 23.0 Å². The van der Waals surface area contributed by atoms with E-state index in [1.165, 1.54) is 6.92 Å². The van der Waals surface area contributed by atoms with Gasteiger partial charge in [0.25, 0.3) is 0 Å². The van der Waals surface area contributed by atoms with Crippen LogP contribution in [0.2, 0.25) is 0 Å².